The van der Waals surface area contributed by atoms with Crippen LogP contribution in [0.2, 0.25) is 0 Å². The third kappa shape index (κ3) is 5.45. The van der Waals surface area contributed by atoms with Gasteiger partial charge in [0.05, 0.1) is 5.54 Å². The molecule has 0 bridgehead atoms. The molecule has 13 heteroatoms. The molecule has 1 saturated heterocycles. The maximum absolute atomic E-state index is 13.9. The van der Waals surface area contributed by atoms with E-state index in [2.05, 4.69) is 5.32 Å². The van der Waals surface area contributed by atoms with E-state index in [-0.39, 0.29) is 44.8 Å². The van der Waals surface area contributed by atoms with E-state index in [0.29, 0.717) is 18.9 Å². The number of carbonyl (C=O) groups is 2. The highest BCUT2D eigenvalue weighted by Crippen LogP contribution is 2.37. The van der Waals surface area contributed by atoms with Crippen LogP contribution in [-0.4, -0.2) is 57.9 Å². The molecule has 8 nitrogen and oxygen atoms in total. The zero-order chi connectivity index (χ0) is 27.0. The molecule has 1 fully saturated rings. The van der Waals surface area contributed by atoms with Gasteiger partial charge in [-0.1, -0.05) is 6.07 Å². The smallest absolute Gasteiger partial charge is 0.389 e. The lowest BCUT2D eigenvalue weighted by molar-refractivity contribution is -0.137. The number of amides is 2. The Morgan fingerprint density at radius 1 is 1.16 bits per heavy atom. The minimum absolute atomic E-state index is 0.0180. The summed E-state index contributed by atoms with van der Waals surface area (Å²) in [6.07, 6.45) is -4.14. The summed E-state index contributed by atoms with van der Waals surface area (Å²) in [6.45, 7) is -0.0933. The number of alkyl halides is 3. The molecule has 1 aromatic carbocycles. The van der Waals surface area contributed by atoms with E-state index in [9.17, 15) is 41.4 Å². The van der Waals surface area contributed by atoms with Crippen LogP contribution < -0.4 is 10.7 Å². The van der Waals surface area contributed by atoms with Gasteiger partial charge in [-0.3, -0.25) is 14.4 Å². The fraction of sp³-hybridized carbons (Fsp3) is 0.458. The number of aromatic hydroxyl groups is 1. The summed E-state index contributed by atoms with van der Waals surface area (Å²) >= 11 is 0. The van der Waals surface area contributed by atoms with Crippen LogP contribution in [0.1, 0.15) is 52.1 Å². The minimum Gasteiger partial charge on any atom is -0.503 e. The molecule has 0 saturated carbocycles. The second-order valence-corrected chi connectivity index (χ2v) is 9.13. The van der Waals surface area contributed by atoms with Crippen LogP contribution in [0.15, 0.2) is 29.2 Å². The van der Waals surface area contributed by atoms with Crippen molar-refractivity contribution in [2.24, 2.45) is 0 Å². The van der Waals surface area contributed by atoms with Crippen molar-refractivity contribution >= 4 is 11.8 Å². The summed E-state index contributed by atoms with van der Waals surface area (Å²) in [6, 6.07) is 2.77. The molecule has 3 heterocycles. The van der Waals surface area contributed by atoms with Crippen molar-refractivity contribution in [2.45, 2.75) is 50.5 Å². The summed E-state index contributed by atoms with van der Waals surface area (Å²) in [5.41, 5.74) is -3.06. The first kappa shape index (κ1) is 26.6. The zero-order valence-corrected chi connectivity index (χ0v) is 19.5. The van der Waals surface area contributed by atoms with Crippen LogP contribution >= 0.6 is 0 Å². The fourth-order valence-corrected chi connectivity index (χ4v) is 4.80. The Bertz CT molecular complexity index is 1270. The molecular weight excluding hydrogens is 505 g/mol. The number of nitrogens with zero attached hydrogens (tertiary/aromatic N) is 2. The van der Waals surface area contributed by atoms with E-state index in [0.717, 1.165) is 18.3 Å². The SMILES string of the molecule is O=C(NCc1ccc(F)cc1F)c1cn2c(c(O)c1=O)C(=O)N(CCCC(F)(F)F)C1(CCOCC1)C2. The molecule has 2 aromatic rings. The van der Waals surface area contributed by atoms with Gasteiger partial charge in [0.25, 0.3) is 11.8 Å². The van der Waals surface area contributed by atoms with Crippen LogP contribution in [0, 0.1) is 11.6 Å². The third-order valence-corrected chi connectivity index (χ3v) is 6.71. The Hall–Kier alpha value is -3.48. The van der Waals surface area contributed by atoms with Crippen molar-refractivity contribution < 1.29 is 41.4 Å². The van der Waals surface area contributed by atoms with Gasteiger partial charge >= 0.3 is 6.18 Å². The maximum atomic E-state index is 13.9. The molecule has 0 aliphatic carbocycles. The van der Waals surface area contributed by atoms with Gasteiger partial charge < -0.3 is 24.6 Å². The number of halogens is 5. The maximum Gasteiger partial charge on any atom is 0.389 e. The molecule has 37 heavy (non-hydrogen) atoms. The second-order valence-electron chi connectivity index (χ2n) is 9.13. The number of aromatic nitrogens is 1. The van der Waals surface area contributed by atoms with Gasteiger partial charge in [-0.25, -0.2) is 8.78 Å². The number of rotatable bonds is 6. The normalized spacial score (nSPS) is 17.1. The number of fused-ring (bicyclic) bond motifs is 1. The molecule has 1 spiro atoms. The summed E-state index contributed by atoms with van der Waals surface area (Å²) in [7, 11) is 0. The van der Waals surface area contributed by atoms with E-state index in [1.807, 2.05) is 0 Å². The highest BCUT2D eigenvalue weighted by Gasteiger charge is 2.47. The number of benzene rings is 1. The summed E-state index contributed by atoms with van der Waals surface area (Å²) < 4.78 is 71.9. The molecule has 0 radical (unpaired) electrons. The van der Waals surface area contributed by atoms with Crippen LogP contribution in [0.3, 0.4) is 0 Å². The Labute approximate surface area is 207 Å². The molecular formula is C24H24F5N3O5. The minimum atomic E-state index is -4.41. The van der Waals surface area contributed by atoms with Crippen molar-refractivity contribution in [1.82, 2.24) is 14.8 Å². The zero-order valence-electron chi connectivity index (χ0n) is 19.5. The predicted octanol–water partition coefficient (Wildman–Crippen LogP) is 3.11. The first-order valence-electron chi connectivity index (χ1n) is 11.6. The number of hydrogen-bond acceptors (Lipinski definition) is 5. The highest BCUT2D eigenvalue weighted by molar-refractivity contribution is 5.99. The molecule has 0 unspecified atom stereocenters. The number of carbonyl (C=O) groups excluding carboxylic acids is 2. The van der Waals surface area contributed by atoms with Crippen molar-refractivity contribution in [3.05, 3.63) is 63.1 Å². The molecule has 2 amide bonds. The van der Waals surface area contributed by atoms with Gasteiger partial charge in [0.2, 0.25) is 5.43 Å². The standard InChI is InChI=1S/C24H24F5N3O5/c25-15-3-2-14(17(26)10-15)11-30-21(35)16-12-31-13-23(5-8-37-9-6-23)32(7-1-4-24(27,28)29)22(36)18(31)20(34)19(16)33/h2-3,10,12,34H,1,4-9,11,13H2,(H,30,35). The first-order valence-corrected chi connectivity index (χ1v) is 11.6. The van der Waals surface area contributed by atoms with Crippen LogP contribution in [-0.2, 0) is 17.8 Å². The molecule has 1 aromatic heterocycles. The average molecular weight is 529 g/mol. The van der Waals surface area contributed by atoms with Crippen molar-refractivity contribution in [3.8, 4) is 5.75 Å². The first-order chi connectivity index (χ1) is 17.4. The molecule has 2 N–H and O–H groups in total. The second kappa shape index (κ2) is 10.1. The van der Waals surface area contributed by atoms with E-state index < -0.39 is 64.0 Å². The summed E-state index contributed by atoms with van der Waals surface area (Å²) in [5, 5.41) is 12.9. The van der Waals surface area contributed by atoms with Gasteiger partial charge in [-0.05, 0) is 25.3 Å². The fourth-order valence-electron chi connectivity index (χ4n) is 4.80. The van der Waals surface area contributed by atoms with E-state index in [1.54, 1.807) is 0 Å². The van der Waals surface area contributed by atoms with Crippen LogP contribution in [0.25, 0.3) is 0 Å². The van der Waals surface area contributed by atoms with Gasteiger partial charge in [0.15, 0.2) is 11.4 Å². The number of nitrogens with one attached hydrogen (secondary N) is 1. The van der Waals surface area contributed by atoms with Gasteiger partial charge in [-0.15, -0.1) is 0 Å². The Morgan fingerprint density at radius 2 is 1.86 bits per heavy atom. The lowest BCUT2D eigenvalue weighted by Gasteiger charge is -2.50. The Balaban J connectivity index is 1.63. The Morgan fingerprint density at radius 3 is 2.51 bits per heavy atom. The quantitative estimate of drug-likeness (QED) is 0.561. The third-order valence-electron chi connectivity index (χ3n) is 6.71. The average Bonchev–Trinajstić information content (AvgIpc) is 2.82. The lowest BCUT2D eigenvalue weighted by atomic mass is 9.84. The van der Waals surface area contributed by atoms with Crippen molar-refractivity contribution in [2.75, 3.05) is 19.8 Å². The van der Waals surface area contributed by atoms with Gasteiger partial charge in [-0.2, -0.15) is 13.2 Å². The lowest BCUT2D eigenvalue weighted by Crippen LogP contribution is -2.61. The number of hydrogen-bond donors (Lipinski definition) is 2. The largest absolute Gasteiger partial charge is 0.503 e. The molecule has 2 aliphatic heterocycles. The van der Waals surface area contributed by atoms with Crippen molar-refractivity contribution in [3.63, 3.8) is 0 Å². The van der Waals surface area contributed by atoms with Crippen LogP contribution in [0.4, 0.5) is 22.0 Å². The Kier molecular flexibility index (Phi) is 7.27. The van der Waals surface area contributed by atoms with E-state index >= 15 is 0 Å². The van der Waals surface area contributed by atoms with E-state index in [1.165, 1.54) is 9.47 Å². The number of ether oxygens (including phenoxy) is 1. The van der Waals surface area contributed by atoms with Gasteiger partial charge in [0.1, 0.15) is 17.2 Å². The molecule has 200 valence electrons. The molecule has 4 rings (SSSR count). The van der Waals surface area contributed by atoms with Crippen molar-refractivity contribution in [1.29, 1.82) is 0 Å². The van der Waals surface area contributed by atoms with Crippen LogP contribution in [0.5, 0.6) is 5.75 Å². The van der Waals surface area contributed by atoms with E-state index in [4.69, 9.17) is 4.74 Å². The molecule has 2 aliphatic rings. The monoisotopic (exact) mass is 529 g/mol. The number of pyridine rings is 1. The topological polar surface area (TPSA) is 101 Å². The molecule has 0 atom stereocenters. The van der Waals surface area contributed by atoms with Gasteiger partial charge in [0, 0.05) is 57.1 Å². The predicted molar refractivity (Wildman–Crippen MR) is 119 cm³/mol. The summed E-state index contributed by atoms with van der Waals surface area (Å²) in [5.74, 6) is -4.48. The highest BCUT2D eigenvalue weighted by atomic mass is 19.4. The summed E-state index contributed by atoms with van der Waals surface area (Å²) in [4.78, 5) is 40.2.